The maximum Gasteiger partial charge on any atom is 0.251 e. The van der Waals surface area contributed by atoms with Gasteiger partial charge in [-0.25, -0.2) is 13.8 Å². The zero-order chi connectivity index (χ0) is 19.9. The quantitative estimate of drug-likeness (QED) is 0.831. The molecule has 1 aliphatic carbocycles. The third-order valence-corrected chi connectivity index (χ3v) is 5.63. The van der Waals surface area contributed by atoms with Crippen LogP contribution in [0.25, 0.3) is 11.5 Å². The summed E-state index contributed by atoms with van der Waals surface area (Å²) in [5.74, 6) is -1.66. The second-order valence-electron chi connectivity index (χ2n) is 7.87. The van der Waals surface area contributed by atoms with Crippen molar-refractivity contribution in [2.45, 2.75) is 63.3 Å². The molecule has 2 aromatic rings. The molecule has 1 aliphatic heterocycles. The fourth-order valence-electron chi connectivity index (χ4n) is 3.71. The van der Waals surface area contributed by atoms with Gasteiger partial charge in [-0.3, -0.25) is 4.79 Å². The number of hydrogen-bond acceptors (Lipinski definition) is 6. The molecular formula is C19H23F2N5O2. The smallest absolute Gasteiger partial charge is 0.251 e. The first-order valence-corrected chi connectivity index (χ1v) is 9.51. The Labute approximate surface area is 161 Å². The Morgan fingerprint density at radius 1 is 1.21 bits per heavy atom. The highest BCUT2D eigenvalue weighted by Gasteiger charge is 2.44. The third-order valence-electron chi connectivity index (χ3n) is 5.63. The van der Waals surface area contributed by atoms with E-state index < -0.39 is 11.3 Å². The van der Waals surface area contributed by atoms with E-state index in [9.17, 15) is 13.6 Å². The molecule has 2 N–H and O–H groups in total. The molecule has 0 spiro atoms. The van der Waals surface area contributed by atoms with E-state index in [0.29, 0.717) is 37.2 Å². The fourth-order valence-corrected chi connectivity index (χ4v) is 3.71. The van der Waals surface area contributed by atoms with Crippen LogP contribution in [-0.4, -0.2) is 39.6 Å². The number of pyridine rings is 1. The summed E-state index contributed by atoms with van der Waals surface area (Å²) in [4.78, 5) is 16.7. The average molecular weight is 391 g/mol. The standard InChI is InChI=1S/C19H23F2N5O2/c1-11-3-4-13(14(23-11)24-12-5-7-19(20,21)8-6-12)15-25-26-17(28-15)18(2)9-10-22-16(18)27/h3-4,12H,5-10H2,1-2H3,(H,22,27)(H,23,24). The van der Waals surface area contributed by atoms with Gasteiger partial charge in [0.25, 0.3) is 5.89 Å². The summed E-state index contributed by atoms with van der Waals surface area (Å²) in [6.07, 6.45) is 1.06. The van der Waals surface area contributed by atoms with Crippen LogP contribution in [0.1, 0.15) is 50.6 Å². The average Bonchev–Trinajstić information content (AvgIpc) is 3.26. The predicted molar refractivity (Wildman–Crippen MR) is 98.1 cm³/mol. The number of amides is 1. The van der Waals surface area contributed by atoms with Gasteiger partial charge in [-0.1, -0.05) is 0 Å². The number of carbonyl (C=O) groups is 1. The lowest BCUT2D eigenvalue weighted by Crippen LogP contribution is -2.32. The van der Waals surface area contributed by atoms with Crippen molar-refractivity contribution < 1.29 is 18.0 Å². The van der Waals surface area contributed by atoms with E-state index in [1.54, 1.807) is 6.92 Å². The van der Waals surface area contributed by atoms with Crippen LogP contribution in [0.3, 0.4) is 0 Å². The van der Waals surface area contributed by atoms with Crippen molar-refractivity contribution >= 4 is 11.7 Å². The number of aromatic nitrogens is 3. The highest BCUT2D eigenvalue weighted by Crippen LogP contribution is 2.37. The van der Waals surface area contributed by atoms with E-state index in [0.717, 1.165) is 5.69 Å². The highest BCUT2D eigenvalue weighted by atomic mass is 19.3. The van der Waals surface area contributed by atoms with Crippen LogP contribution in [0.4, 0.5) is 14.6 Å². The molecule has 28 heavy (non-hydrogen) atoms. The zero-order valence-electron chi connectivity index (χ0n) is 15.9. The molecule has 7 nitrogen and oxygen atoms in total. The number of halogens is 2. The normalized spacial score (nSPS) is 24.9. The lowest BCUT2D eigenvalue weighted by atomic mass is 9.89. The second-order valence-corrected chi connectivity index (χ2v) is 7.87. The van der Waals surface area contributed by atoms with Gasteiger partial charge in [0.1, 0.15) is 11.2 Å². The van der Waals surface area contributed by atoms with Crippen molar-refractivity contribution in [3.05, 3.63) is 23.7 Å². The molecule has 2 fully saturated rings. The lowest BCUT2D eigenvalue weighted by molar-refractivity contribution is -0.124. The van der Waals surface area contributed by atoms with Crippen molar-refractivity contribution in [2.24, 2.45) is 0 Å². The van der Waals surface area contributed by atoms with Crippen LogP contribution in [0, 0.1) is 6.92 Å². The molecule has 3 heterocycles. The first-order chi connectivity index (χ1) is 13.3. The monoisotopic (exact) mass is 391 g/mol. The number of alkyl halides is 2. The predicted octanol–water partition coefficient (Wildman–Crippen LogP) is 3.21. The Hall–Kier alpha value is -2.58. The topological polar surface area (TPSA) is 92.9 Å². The molecule has 2 aliphatic rings. The SMILES string of the molecule is Cc1ccc(-c2nnc(C3(C)CCNC3=O)o2)c(NC2CCC(F)(F)CC2)n1. The maximum atomic E-state index is 13.4. The molecule has 0 bridgehead atoms. The minimum absolute atomic E-state index is 0.0896. The van der Waals surface area contributed by atoms with Crippen LogP contribution in [-0.2, 0) is 10.2 Å². The zero-order valence-corrected chi connectivity index (χ0v) is 15.9. The Bertz CT molecular complexity index is 890. The lowest BCUT2D eigenvalue weighted by Gasteiger charge is -2.29. The Morgan fingerprint density at radius 2 is 1.96 bits per heavy atom. The summed E-state index contributed by atoms with van der Waals surface area (Å²) >= 11 is 0. The Kier molecular flexibility index (Phi) is 4.55. The molecule has 150 valence electrons. The summed E-state index contributed by atoms with van der Waals surface area (Å²) in [5.41, 5.74) is 0.546. The van der Waals surface area contributed by atoms with Gasteiger partial charge >= 0.3 is 0 Å². The number of anilines is 1. The van der Waals surface area contributed by atoms with E-state index in [1.807, 2.05) is 19.1 Å². The molecule has 0 radical (unpaired) electrons. The van der Waals surface area contributed by atoms with E-state index in [-0.39, 0.29) is 36.6 Å². The number of nitrogens with one attached hydrogen (secondary N) is 2. The summed E-state index contributed by atoms with van der Waals surface area (Å²) in [6, 6.07) is 3.55. The van der Waals surface area contributed by atoms with E-state index >= 15 is 0 Å². The van der Waals surface area contributed by atoms with Crippen LogP contribution < -0.4 is 10.6 Å². The Morgan fingerprint density at radius 3 is 2.64 bits per heavy atom. The number of aryl methyl sites for hydroxylation is 1. The number of carbonyl (C=O) groups excluding carboxylic acids is 1. The van der Waals surface area contributed by atoms with Gasteiger partial charge in [0.05, 0.1) is 5.56 Å². The van der Waals surface area contributed by atoms with Gasteiger partial charge < -0.3 is 15.1 Å². The molecule has 4 rings (SSSR count). The maximum absolute atomic E-state index is 13.4. The molecule has 1 amide bonds. The highest BCUT2D eigenvalue weighted by molar-refractivity contribution is 5.88. The molecule has 1 saturated carbocycles. The van der Waals surface area contributed by atoms with Crippen LogP contribution >= 0.6 is 0 Å². The summed E-state index contributed by atoms with van der Waals surface area (Å²) in [6.45, 7) is 4.20. The van der Waals surface area contributed by atoms with E-state index in [2.05, 4.69) is 25.8 Å². The van der Waals surface area contributed by atoms with Crippen molar-refractivity contribution in [1.82, 2.24) is 20.5 Å². The summed E-state index contributed by atoms with van der Waals surface area (Å²) in [5, 5.41) is 14.3. The van der Waals surface area contributed by atoms with Crippen molar-refractivity contribution in [3.8, 4) is 11.5 Å². The minimum Gasteiger partial charge on any atom is -0.419 e. The van der Waals surface area contributed by atoms with Gasteiger partial charge in [0.15, 0.2) is 0 Å². The van der Waals surface area contributed by atoms with Gasteiger partial charge in [-0.15, -0.1) is 10.2 Å². The third kappa shape index (κ3) is 3.45. The fraction of sp³-hybridized carbons (Fsp3) is 0.579. The molecule has 2 aromatic heterocycles. The Balaban J connectivity index is 1.60. The van der Waals surface area contributed by atoms with Crippen molar-refractivity contribution in [3.63, 3.8) is 0 Å². The first-order valence-electron chi connectivity index (χ1n) is 9.51. The van der Waals surface area contributed by atoms with Gasteiger partial charge in [0, 0.05) is 31.1 Å². The molecule has 0 aromatic carbocycles. The molecule has 1 saturated heterocycles. The van der Waals surface area contributed by atoms with Gasteiger partial charge in [-0.05, 0) is 45.2 Å². The largest absolute Gasteiger partial charge is 0.419 e. The summed E-state index contributed by atoms with van der Waals surface area (Å²) in [7, 11) is 0. The first kappa shape index (κ1) is 18.8. The van der Waals surface area contributed by atoms with E-state index in [4.69, 9.17) is 4.42 Å². The van der Waals surface area contributed by atoms with E-state index in [1.165, 1.54) is 0 Å². The molecule has 1 unspecified atom stereocenters. The van der Waals surface area contributed by atoms with Gasteiger partial charge in [0.2, 0.25) is 17.7 Å². The molecule has 1 atom stereocenters. The van der Waals surface area contributed by atoms with Gasteiger partial charge in [-0.2, -0.15) is 0 Å². The number of hydrogen-bond donors (Lipinski definition) is 2. The van der Waals surface area contributed by atoms with Crippen molar-refractivity contribution in [2.75, 3.05) is 11.9 Å². The van der Waals surface area contributed by atoms with Crippen LogP contribution in [0.15, 0.2) is 16.5 Å². The second kappa shape index (κ2) is 6.79. The number of nitrogens with zero attached hydrogens (tertiary/aromatic N) is 3. The van der Waals surface area contributed by atoms with Crippen LogP contribution in [0.2, 0.25) is 0 Å². The minimum atomic E-state index is -2.58. The summed E-state index contributed by atoms with van der Waals surface area (Å²) < 4.78 is 32.7. The molecule has 9 heteroatoms. The molecular weight excluding hydrogens is 368 g/mol. The van der Waals surface area contributed by atoms with Crippen molar-refractivity contribution in [1.29, 1.82) is 0 Å². The number of rotatable bonds is 4. The van der Waals surface area contributed by atoms with Crippen LogP contribution in [0.5, 0.6) is 0 Å².